The summed E-state index contributed by atoms with van der Waals surface area (Å²) in [6.07, 6.45) is -5.74. The van der Waals surface area contributed by atoms with Crippen LogP contribution < -0.4 is 10.2 Å². The van der Waals surface area contributed by atoms with Crippen LogP contribution in [0.5, 0.6) is 0 Å². The minimum atomic E-state index is -4.47. The quantitative estimate of drug-likeness (QED) is 0.897. The van der Waals surface area contributed by atoms with Crippen LogP contribution in [-0.4, -0.2) is 49.3 Å². The fourth-order valence-corrected chi connectivity index (χ4v) is 2.42. The van der Waals surface area contributed by atoms with Gasteiger partial charge < -0.3 is 20.2 Å². The molecule has 1 fully saturated rings. The summed E-state index contributed by atoms with van der Waals surface area (Å²) in [6.45, 7) is 2.33. The van der Waals surface area contributed by atoms with Crippen LogP contribution >= 0.6 is 0 Å². The number of anilines is 1. The molecule has 0 aliphatic carbocycles. The van der Waals surface area contributed by atoms with Gasteiger partial charge in [0.1, 0.15) is 0 Å². The smallest absolute Gasteiger partial charge is 0.418 e. The molecule has 1 aromatic carbocycles. The molecular weight excluding hydrogens is 299 g/mol. The Bertz CT molecular complexity index is 541. The third-order valence-electron chi connectivity index (χ3n) is 3.65. The highest BCUT2D eigenvalue weighted by Crippen LogP contribution is 2.37. The van der Waals surface area contributed by atoms with Gasteiger partial charge in [0, 0.05) is 38.4 Å². The summed E-state index contributed by atoms with van der Waals surface area (Å²) in [5, 5.41) is 10.6. The van der Waals surface area contributed by atoms with Gasteiger partial charge in [-0.05, 0) is 24.7 Å². The van der Waals surface area contributed by atoms with E-state index in [-0.39, 0.29) is 17.8 Å². The van der Waals surface area contributed by atoms with E-state index in [1.54, 1.807) is 4.90 Å². The monoisotopic (exact) mass is 317 g/mol. The predicted molar refractivity (Wildman–Crippen MR) is 76.0 cm³/mol. The second-order valence-corrected chi connectivity index (χ2v) is 5.30. The molecule has 0 radical (unpaired) electrons. The zero-order valence-electron chi connectivity index (χ0n) is 12.2. The SMILES string of the molecule is CN1CCN(c2ccc(CNC(=O)O)cc2C(F)(F)F)CC1. The third kappa shape index (κ3) is 4.03. The normalized spacial score (nSPS) is 16.6. The van der Waals surface area contributed by atoms with Crippen molar-refractivity contribution in [1.29, 1.82) is 0 Å². The number of piperazine rings is 1. The summed E-state index contributed by atoms with van der Waals surface area (Å²) >= 11 is 0. The lowest BCUT2D eigenvalue weighted by molar-refractivity contribution is -0.137. The first kappa shape index (κ1) is 16.4. The largest absolute Gasteiger partial charge is 0.465 e. The van der Waals surface area contributed by atoms with Crippen LogP contribution in [0.25, 0.3) is 0 Å². The molecule has 1 aliphatic heterocycles. The Balaban J connectivity index is 2.27. The number of alkyl halides is 3. The van der Waals surface area contributed by atoms with E-state index in [9.17, 15) is 18.0 Å². The Kier molecular flexibility index (Phi) is 4.80. The van der Waals surface area contributed by atoms with Gasteiger partial charge >= 0.3 is 12.3 Å². The van der Waals surface area contributed by atoms with Crippen LogP contribution in [0.15, 0.2) is 18.2 Å². The molecule has 2 N–H and O–H groups in total. The van der Waals surface area contributed by atoms with Crippen molar-refractivity contribution in [2.45, 2.75) is 12.7 Å². The first-order valence-electron chi connectivity index (χ1n) is 6.88. The van der Waals surface area contributed by atoms with Crippen molar-refractivity contribution in [2.75, 3.05) is 38.1 Å². The number of likely N-dealkylation sites (N-methyl/N-ethyl adjacent to an activating group) is 1. The van der Waals surface area contributed by atoms with Crippen LogP contribution in [0.4, 0.5) is 23.7 Å². The number of amides is 1. The summed E-state index contributed by atoms with van der Waals surface area (Å²) < 4.78 is 39.9. The van der Waals surface area contributed by atoms with Crippen LogP contribution in [-0.2, 0) is 12.7 Å². The number of hydrogen-bond acceptors (Lipinski definition) is 3. The molecule has 0 saturated carbocycles. The van der Waals surface area contributed by atoms with Gasteiger partial charge in [-0.3, -0.25) is 0 Å². The molecule has 8 heteroatoms. The Morgan fingerprint density at radius 1 is 1.27 bits per heavy atom. The molecule has 0 bridgehead atoms. The summed E-state index contributed by atoms with van der Waals surface area (Å²) in [6, 6.07) is 3.97. The standard InChI is InChI=1S/C14H18F3N3O2/c1-19-4-6-20(7-5-19)12-3-2-10(9-18-13(21)22)8-11(12)14(15,16)17/h2-3,8,18H,4-7,9H2,1H3,(H,21,22). The average molecular weight is 317 g/mol. The number of carboxylic acid groups (broad SMARTS) is 1. The minimum absolute atomic E-state index is 0.151. The zero-order chi connectivity index (χ0) is 16.3. The molecule has 0 aromatic heterocycles. The maximum absolute atomic E-state index is 13.3. The summed E-state index contributed by atoms with van der Waals surface area (Å²) in [4.78, 5) is 14.2. The lowest BCUT2D eigenvalue weighted by Gasteiger charge is -2.35. The number of rotatable bonds is 3. The number of hydrogen-bond donors (Lipinski definition) is 2. The second kappa shape index (κ2) is 6.43. The highest BCUT2D eigenvalue weighted by atomic mass is 19.4. The predicted octanol–water partition coefficient (Wildman–Crippen LogP) is 2.22. The lowest BCUT2D eigenvalue weighted by atomic mass is 10.1. The fourth-order valence-electron chi connectivity index (χ4n) is 2.42. The van der Waals surface area contributed by atoms with Gasteiger partial charge in [0.05, 0.1) is 5.56 Å². The van der Waals surface area contributed by atoms with Crippen LogP contribution in [0.3, 0.4) is 0 Å². The van der Waals surface area contributed by atoms with E-state index in [1.165, 1.54) is 12.1 Å². The minimum Gasteiger partial charge on any atom is -0.465 e. The van der Waals surface area contributed by atoms with Gasteiger partial charge in [-0.1, -0.05) is 6.07 Å². The van der Waals surface area contributed by atoms with Crippen molar-refractivity contribution in [3.8, 4) is 0 Å². The number of halogens is 3. The van der Waals surface area contributed by atoms with Crippen molar-refractivity contribution < 1.29 is 23.1 Å². The van der Waals surface area contributed by atoms with Crippen molar-refractivity contribution in [3.05, 3.63) is 29.3 Å². The van der Waals surface area contributed by atoms with Crippen molar-refractivity contribution in [1.82, 2.24) is 10.2 Å². The zero-order valence-corrected chi connectivity index (χ0v) is 12.2. The molecular formula is C14H18F3N3O2. The van der Waals surface area contributed by atoms with Gasteiger partial charge in [-0.2, -0.15) is 13.2 Å². The Hall–Kier alpha value is -1.96. The molecule has 1 saturated heterocycles. The van der Waals surface area contributed by atoms with Crippen LogP contribution in [0.2, 0.25) is 0 Å². The maximum atomic E-state index is 13.3. The van der Waals surface area contributed by atoms with Crippen LogP contribution in [0.1, 0.15) is 11.1 Å². The molecule has 122 valence electrons. The van der Waals surface area contributed by atoms with E-state index in [2.05, 4.69) is 10.2 Å². The molecule has 22 heavy (non-hydrogen) atoms. The number of nitrogens with zero attached hydrogens (tertiary/aromatic N) is 2. The van der Waals surface area contributed by atoms with Crippen molar-refractivity contribution in [2.24, 2.45) is 0 Å². The first-order chi connectivity index (χ1) is 10.3. The highest BCUT2D eigenvalue weighted by molar-refractivity contribution is 5.64. The van der Waals surface area contributed by atoms with Gasteiger partial charge in [-0.25, -0.2) is 4.79 Å². The Morgan fingerprint density at radius 2 is 1.91 bits per heavy atom. The molecule has 1 aromatic rings. The first-order valence-corrected chi connectivity index (χ1v) is 6.88. The third-order valence-corrected chi connectivity index (χ3v) is 3.65. The number of nitrogens with one attached hydrogen (secondary N) is 1. The van der Waals surface area contributed by atoms with Gasteiger partial charge in [0.15, 0.2) is 0 Å². The molecule has 1 amide bonds. The second-order valence-electron chi connectivity index (χ2n) is 5.30. The molecule has 1 heterocycles. The van der Waals surface area contributed by atoms with Crippen LogP contribution in [0, 0.1) is 0 Å². The van der Waals surface area contributed by atoms with Gasteiger partial charge in [0.25, 0.3) is 0 Å². The summed E-state index contributed by atoms with van der Waals surface area (Å²) in [7, 11) is 1.93. The van der Waals surface area contributed by atoms with E-state index >= 15 is 0 Å². The number of carbonyl (C=O) groups is 1. The molecule has 0 unspecified atom stereocenters. The fraction of sp³-hybridized carbons (Fsp3) is 0.500. The van der Waals surface area contributed by atoms with E-state index in [1.807, 2.05) is 7.05 Å². The van der Waals surface area contributed by atoms with E-state index in [0.717, 1.165) is 6.07 Å². The summed E-state index contributed by atoms with van der Waals surface area (Å²) in [5.74, 6) is 0. The maximum Gasteiger partial charge on any atom is 0.418 e. The van der Waals surface area contributed by atoms with E-state index in [0.29, 0.717) is 26.2 Å². The van der Waals surface area contributed by atoms with Gasteiger partial charge in [-0.15, -0.1) is 0 Å². The Labute approximate surface area is 126 Å². The lowest BCUT2D eigenvalue weighted by Crippen LogP contribution is -2.45. The van der Waals surface area contributed by atoms with Crippen molar-refractivity contribution >= 4 is 11.8 Å². The summed E-state index contributed by atoms with van der Waals surface area (Å²) in [5.41, 5.74) is -0.283. The highest BCUT2D eigenvalue weighted by Gasteiger charge is 2.35. The van der Waals surface area contributed by atoms with Crippen molar-refractivity contribution in [3.63, 3.8) is 0 Å². The Morgan fingerprint density at radius 3 is 2.45 bits per heavy atom. The van der Waals surface area contributed by atoms with E-state index in [4.69, 9.17) is 5.11 Å². The molecule has 0 atom stereocenters. The molecule has 1 aliphatic rings. The number of benzene rings is 1. The molecule has 2 rings (SSSR count). The molecule has 0 spiro atoms. The topological polar surface area (TPSA) is 55.8 Å². The molecule has 5 nitrogen and oxygen atoms in total. The van der Waals surface area contributed by atoms with Gasteiger partial charge in [0.2, 0.25) is 0 Å². The average Bonchev–Trinajstić information content (AvgIpc) is 2.45. The van der Waals surface area contributed by atoms with E-state index < -0.39 is 17.8 Å².